The highest BCUT2D eigenvalue weighted by molar-refractivity contribution is 8.00. The molecule has 2 heterocycles. The summed E-state index contributed by atoms with van der Waals surface area (Å²) >= 11 is 7.31. The number of nitrogens with one attached hydrogen (secondary N) is 1. The SMILES string of the molecule is CCCn1c(=O)n(C)c(=O)c2c(SC(C)C(=O)Nc3ccccc3Cl)nc(C(C)C)nc21. The van der Waals surface area contributed by atoms with E-state index >= 15 is 0 Å². The van der Waals surface area contributed by atoms with Gasteiger partial charge in [0, 0.05) is 19.5 Å². The van der Waals surface area contributed by atoms with Crippen molar-refractivity contribution in [1.29, 1.82) is 0 Å². The fraction of sp³-hybridized carbons (Fsp3) is 0.409. The maximum Gasteiger partial charge on any atom is 0.332 e. The van der Waals surface area contributed by atoms with Gasteiger partial charge in [0.25, 0.3) is 5.56 Å². The molecule has 3 aromatic rings. The summed E-state index contributed by atoms with van der Waals surface area (Å²) in [5.41, 5.74) is -0.0818. The number of para-hydroxylation sites is 1. The van der Waals surface area contributed by atoms with E-state index in [1.54, 1.807) is 31.2 Å². The Hall–Kier alpha value is -2.65. The zero-order valence-corrected chi connectivity index (χ0v) is 20.3. The molecule has 1 aromatic carbocycles. The summed E-state index contributed by atoms with van der Waals surface area (Å²) in [4.78, 5) is 47.7. The lowest BCUT2D eigenvalue weighted by atomic mass is 10.2. The van der Waals surface area contributed by atoms with Crippen LogP contribution in [0.15, 0.2) is 38.9 Å². The highest BCUT2D eigenvalue weighted by Gasteiger charge is 2.23. The van der Waals surface area contributed by atoms with Crippen LogP contribution in [0.2, 0.25) is 5.02 Å². The number of fused-ring (bicyclic) bond motifs is 1. The van der Waals surface area contributed by atoms with Crippen LogP contribution in [0.1, 0.15) is 45.9 Å². The Labute approximate surface area is 195 Å². The van der Waals surface area contributed by atoms with E-state index in [0.29, 0.717) is 40.2 Å². The number of benzene rings is 1. The van der Waals surface area contributed by atoms with Gasteiger partial charge in [0.1, 0.15) is 16.2 Å². The number of thioether (sulfide) groups is 1. The van der Waals surface area contributed by atoms with Gasteiger partial charge in [-0.3, -0.25) is 18.7 Å². The number of rotatable bonds is 7. The van der Waals surface area contributed by atoms with Gasteiger partial charge in [-0.05, 0) is 25.5 Å². The van der Waals surface area contributed by atoms with Crippen molar-refractivity contribution in [1.82, 2.24) is 19.1 Å². The van der Waals surface area contributed by atoms with Crippen molar-refractivity contribution in [3.8, 4) is 0 Å². The average molecular weight is 476 g/mol. The number of hydrogen-bond acceptors (Lipinski definition) is 6. The summed E-state index contributed by atoms with van der Waals surface area (Å²) in [6, 6.07) is 6.97. The predicted octanol–water partition coefficient (Wildman–Crippen LogP) is 3.80. The minimum absolute atomic E-state index is 0.0276. The lowest BCUT2D eigenvalue weighted by molar-refractivity contribution is -0.115. The van der Waals surface area contributed by atoms with Crippen LogP contribution in [-0.2, 0) is 18.4 Å². The molecular weight excluding hydrogens is 450 g/mol. The largest absolute Gasteiger partial charge is 0.332 e. The summed E-state index contributed by atoms with van der Waals surface area (Å²) in [7, 11) is 1.44. The van der Waals surface area contributed by atoms with Crippen LogP contribution in [0.3, 0.4) is 0 Å². The molecule has 10 heteroatoms. The standard InChI is InChI=1S/C22H26ClN5O3S/c1-6-11-28-18-16(21(30)27(5)22(28)31)20(26-17(25-18)12(2)3)32-13(4)19(29)24-15-10-8-7-9-14(15)23/h7-10,12-13H,6,11H2,1-5H3,(H,24,29). The Morgan fingerprint density at radius 2 is 1.88 bits per heavy atom. The highest BCUT2D eigenvalue weighted by atomic mass is 35.5. The summed E-state index contributed by atoms with van der Waals surface area (Å²) in [5, 5.41) is 3.28. The topological polar surface area (TPSA) is 98.9 Å². The second-order valence-electron chi connectivity index (χ2n) is 7.77. The molecule has 0 aliphatic carbocycles. The zero-order valence-electron chi connectivity index (χ0n) is 18.7. The first-order valence-corrected chi connectivity index (χ1v) is 11.6. The molecule has 0 aliphatic heterocycles. The Kier molecular flexibility index (Phi) is 7.40. The molecule has 0 saturated heterocycles. The highest BCUT2D eigenvalue weighted by Crippen LogP contribution is 2.29. The minimum Gasteiger partial charge on any atom is -0.324 e. The van der Waals surface area contributed by atoms with Gasteiger partial charge >= 0.3 is 5.69 Å². The molecule has 1 unspecified atom stereocenters. The number of anilines is 1. The van der Waals surface area contributed by atoms with Gasteiger partial charge in [-0.25, -0.2) is 14.8 Å². The molecule has 0 spiro atoms. The molecule has 32 heavy (non-hydrogen) atoms. The third-order valence-corrected chi connectivity index (χ3v) is 6.33. The number of nitrogens with zero attached hydrogens (tertiary/aromatic N) is 4. The van der Waals surface area contributed by atoms with Gasteiger partial charge in [0.05, 0.1) is 16.0 Å². The second kappa shape index (κ2) is 9.87. The second-order valence-corrected chi connectivity index (χ2v) is 9.50. The fourth-order valence-corrected chi connectivity index (χ4v) is 4.27. The molecule has 0 bridgehead atoms. The van der Waals surface area contributed by atoms with Gasteiger partial charge in [-0.2, -0.15) is 0 Å². The van der Waals surface area contributed by atoms with E-state index in [-0.39, 0.29) is 17.2 Å². The van der Waals surface area contributed by atoms with Crippen LogP contribution in [0.4, 0.5) is 5.69 Å². The van der Waals surface area contributed by atoms with Crippen molar-refractivity contribution in [3.63, 3.8) is 0 Å². The van der Waals surface area contributed by atoms with E-state index in [2.05, 4.69) is 15.3 Å². The third kappa shape index (κ3) is 4.73. The molecule has 0 radical (unpaired) electrons. The van der Waals surface area contributed by atoms with Gasteiger partial charge in [0.15, 0.2) is 5.65 Å². The molecular formula is C22H26ClN5O3S. The van der Waals surface area contributed by atoms with Crippen molar-refractivity contribution in [2.45, 2.75) is 56.9 Å². The van der Waals surface area contributed by atoms with E-state index in [1.165, 1.54) is 11.6 Å². The van der Waals surface area contributed by atoms with Gasteiger partial charge < -0.3 is 5.32 Å². The third-order valence-electron chi connectivity index (χ3n) is 4.92. The number of halogens is 1. The molecule has 0 aliphatic rings. The molecule has 1 amide bonds. The van der Waals surface area contributed by atoms with E-state index in [0.717, 1.165) is 16.3 Å². The first kappa shape index (κ1) is 24.0. The summed E-state index contributed by atoms with van der Waals surface area (Å²) in [6.45, 7) is 7.97. The molecule has 8 nitrogen and oxygen atoms in total. The molecule has 2 aromatic heterocycles. The van der Waals surface area contributed by atoms with Crippen LogP contribution in [-0.4, -0.2) is 30.3 Å². The van der Waals surface area contributed by atoms with Gasteiger partial charge in [0.2, 0.25) is 5.91 Å². The predicted molar refractivity (Wildman–Crippen MR) is 129 cm³/mol. The molecule has 1 atom stereocenters. The molecule has 0 saturated carbocycles. The first-order chi connectivity index (χ1) is 15.1. The number of carbonyl (C=O) groups excluding carboxylic acids is 1. The Morgan fingerprint density at radius 1 is 1.19 bits per heavy atom. The molecule has 3 rings (SSSR count). The van der Waals surface area contributed by atoms with Gasteiger partial charge in [-0.15, -0.1) is 0 Å². The first-order valence-electron chi connectivity index (χ1n) is 10.4. The fourth-order valence-electron chi connectivity index (χ4n) is 3.14. The van der Waals surface area contributed by atoms with Gasteiger partial charge in [-0.1, -0.05) is 56.3 Å². The van der Waals surface area contributed by atoms with Crippen LogP contribution >= 0.6 is 23.4 Å². The van der Waals surface area contributed by atoms with Crippen molar-refractivity contribution < 1.29 is 4.79 Å². The van der Waals surface area contributed by atoms with E-state index < -0.39 is 16.5 Å². The van der Waals surface area contributed by atoms with E-state index in [4.69, 9.17) is 11.6 Å². The smallest absolute Gasteiger partial charge is 0.324 e. The Morgan fingerprint density at radius 3 is 2.50 bits per heavy atom. The average Bonchev–Trinajstić information content (AvgIpc) is 2.76. The number of carbonyl (C=O) groups is 1. The van der Waals surface area contributed by atoms with Crippen LogP contribution < -0.4 is 16.6 Å². The van der Waals surface area contributed by atoms with Crippen molar-refractivity contribution in [2.75, 3.05) is 5.32 Å². The van der Waals surface area contributed by atoms with Crippen molar-refractivity contribution >= 4 is 46.0 Å². The van der Waals surface area contributed by atoms with Crippen LogP contribution in [0.5, 0.6) is 0 Å². The summed E-state index contributed by atoms with van der Waals surface area (Å²) < 4.78 is 2.57. The van der Waals surface area contributed by atoms with E-state index in [9.17, 15) is 14.4 Å². The number of hydrogen-bond donors (Lipinski definition) is 1. The van der Waals surface area contributed by atoms with Crippen molar-refractivity contribution in [2.24, 2.45) is 7.05 Å². The lowest BCUT2D eigenvalue weighted by Crippen LogP contribution is -2.39. The monoisotopic (exact) mass is 475 g/mol. The van der Waals surface area contributed by atoms with E-state index in [1.807, 2.05) is 20.8 Å². The molecule has 0 fully saturated rings. The maximum absolute atomic E-state index is 13.0. The number of aryl methyl sites for hydroxylation is 1. The normalized spacial score (nSPS) is 12.3. The molecule has 170 valence electrons. The van der Waals surface area contributed by atoms with Crippen LogP contribution in [0.25, 0.3) is 11.0 Å². The number of aromatic nitrogens is 4. The number of amides is 1. The molecule has 1 N–H and O–H groups in total. The minimum atomic E-state index is -0.583. The summed E-state index contributed by atoms with van der Waals surface area (Å²) in [5.74, 6) is 0.205. The summed E-state index contributed by atoms with van der Waals surface area (Å²) in [6.07, 6.45) is 0.702. The lowest BCUT2D eigenvalue weighted by Gasteiger charge is -2.17. The Balaban J connectivity index is 2.10. The van der Waals surface area contributed by atoms with Crippen LogP contribution in [0, 0.1) is 0 Å². The van der Waals surface area contributed by atoms with Crippen molar-refractivity contribution in [3.05, 3.63) is 56.0 Å². The maximum atomic E-state index is 13.0. The Bertz CT molecular complexity index is 1290. The zero-order chi connectivity index (χ0) is 23.6. The quantitative estimate of drug-likeness (QED) is 0.412.